The summed E-state index contributed by atoms with van der Waals surface area (Å²) in [6.07, 6.45) is 15.3. The number of nitrogen functional groups attached to an aromatic ring is 2. The van der Waals surface area contributed by atoms with E-state index < -0.39 is 0 Å². The summed E-state index contributed by atoms with van der Waals surface area (Å²) in [5, 5.41) is 0. The van der Waals surface area contributed by atoms with E-state index in [1.165, 1.54) is 87.0 Å². The third kappa shape index (κ3) is 13.0. The number of hydrogen-bond acceptors (Lipinski definition) is 4. The minimum Gasteiger partial charge on any atom is -0.399 e. The van der Waals surface area contributed by atoms with E-state index in [1.807, 2.05) is 36.4 Å². The summed E-state index contributed by atoms with van der Waals surface area (Å²) in [5.74, 6) is 0. The van der Waals surface area contributed by atoms with Crippen molar-refractivity contribution >= 4 is 33.8 Å². The van der Waals surface area contributed by atoms with Gasteiger partial charge in [0.15, 0.2) is 0 Å². The smallest absolute Gasteiger partial charge is 0.0314 e. The van der Waals surface area contributed by atoms with Crippen molar-refractivity contribution in [3.63, 3.8) is 0 Å². The second kappa shape index (κ2) is 16.7. The fraction of sp³-hybridized carbons (Fsp3) is 0.500. The molecule has 2 aromatic carbocycles. The van der Waals surface area contributed by atoms with Gasteiger partial charge in [-0.1, -0.05) is 87.6 Å². The Kier molecular flexibility index (Phi) is 14.8. The monoisotopic (exact) mass is 418 g/mol. The van der Waals surface area contributed by atoms with E-state index in [0.29, 0.717) is 0 Å². The van der Waals surface area contributed by atoms with Crippen molar-refractivity contribution in [2.24, 2.45) is 0 Å². The van der Waals surface area contributed by atoms with Gasteiger partial charge in [-0.25, -0.2) is 0 Å². The van der Waals surface area contributed by atoms with Gasteiger partial charge in [-0.3, -0.25) is 0 Å². The first kappa shape index (κ1) is 24.8. The Morgan fingerprint density at radius 2 is 1.07 bits per heavy atom. The number of hydrogen-bond donors (Lipinski definition) is 3. The van der Waals surface area contributed by atoms with Gasteiger partial charge in [0, 0.05) is 16.3 Å². The number of aryl methyl sites for hydroxylation is 1. The molecule has 0 bridgehead atoms. The van der Waals surface area contributed by atoms with Crippen molar-refractivity contribution in [3.05, 3.63) is 54.1 Å². The number of nitrogens with two attached hydrogens (primary N) is 2. The van der Waals surface area contributed by atoms with Crippen LogP contribution in [0.15, 0.2) is 53.4 Å². The highest BCUT2D eigenvalue weighted by atomic mass is 33.1. The fourth-order valence-corrected chi connectivity index (χ4v) is 3.65. The lowest BCUT2D eigenvalue weighted by molar-refractivity contribution is 0.556. The molecule has 156 valence electrons. The van der Waals surface area contributed by atoms with Gasteiger partial charge in [-0.15, -0.1) is 11.7 Å². The van der Waals surface area contributed by atoms with Crippen molar-refractivity contribution < 1.29 is 0 Å². The lowest BCUT2D eigenvalue weighted by Crippen LogP contribution is -1.88. The molecule has 2 aromatic rings. The minimum absolute atomic E-state index is 0.793. The molecule has 0 saturated carbocycles. The van der Waals surface area contributed by atoms with Crippen molar-refractivity contribution in [2.75, 3.05) is 11.5 Å². The van der Waals surface area contributed by atoms with Gasteiger partial charge in [0.05, 0.1) is 0 Å². The number of anilines is 2. The molecule has 2 rings (SSSR count). The van der Waals surface area contributed by atoms with Crippen LogP contribution in [-0.4, -0.2) is 0 Å². The molecule has 0 aromatic heterocycles. The maximum atomic E-state index is 5.68. The van der Waals surface area contributed by atoms with Gasteiger partial charge in [0.1, 0.15) is 0 Å². The summed E-state index contributed by atoms with van der Waals surface area (Å²) in [7, 11) is 1.42. The topological polar surface area (TPSA) is 52.0 Å². The molecule has 28 heavy (non-hydrogen) atoms. The van der Waals surface area contributed by atoms with Gasteiger partial charge >= 0.3 is 0 Å². The molecule has 0 saturated heterocycles. The Morgan fingerprint density at radius 1 is 0.643 bits per heavy atom. The molecule has 0 aliphatic carbocycles. The highest BCUT2D eigenvalue weighted by molar-refractivity contribution is 8.68. The van der Waals surface area contributed by atoms with Crippen LogP contribution in [0.25, 0.3) is 0 Å². The molecular weight excluding hydrogens is 380 g/mol. The lowest BCUT2D eigenvalue weighted by Gasteiger charge is -2.03. The zero-order valence-corrected chi connectivity index (χ0v) is 19.1. The maximum Gasteiger partial charge on any atom is 0.0314 e. The predicted molar refractivity (Wildman–Crippen MR) is 132 cm³/mol. The summed E-state index contributed by atoms with van der Waals surface area (Å²) < 4.78 is 0. The highest BCUT2D eigenvalue weighted by Crippen LogP contribution is 2.21. The normalized spacial score (nSPS) is 10.4. The highest BCUT2D eigenvalue weighted by Gasteiger charge is 1.95. The average molecular weight is 419 g/mol. The number of benzene rings is 2. The second-order valence-corrected chi connectivity index (χ2v) is 8.54. The van der Waals surface area contributed by atoms with Gasteiger partial charge in [0.25, 0.3) is 0 Å². The van der Waals surface area contributed by atoms with Crippen molar-refractivity contribution in [1.29, 1.82) is 0 Å². The van der Waals surface area contributed by atoms with Crippen LogP contribution in [0, 0.1) is 0 Å². The lowest BCUT2D eigenvalue weighted by atomic mass is 10.0. The van der Waals surface area contributed by atoms with E-state index in [9.17, 15) is 0 Å². The Bertz CT molecular complexity index is 597. The molecule has 0 aliphatic heterocycles. The zero-order valence-electron chi connectivity index (χ0n) is 17.4. The van der Waals surface area contributed by atoms with Crippen molar-refractivity contribution in [3.8, 4) is 0 Å². The van der Waals surface area contributed by atoms with E-state index in [4.69, 9.17) is 11.5 Å². The van der Waals surface area contributed by atoms with Gasteiger partial charge in [-0.2, -0.15) is 0 Å². The summed E-state index contributed by atoms with van der Waals surface area (Å²) >= 11 is 4.02. The van der Waals surface area contributed by atoms with Gasteiger partial charge in [-0.05, 0) is 54.8 Å². The van der Waals surface area contributed by atoms with E-state index in [0.717, 1.165) is 16.3 Å². The summed E-state index contributed by atoms with van der Waals surface area (Å²) in [4.78, 5) is 1.12. The van der Waals surface area contributed by atoms with Crippen LogP contribution in [0.3, 0.4) is 0 Å². The van der Waals surface area contributed by atoms with Crippen molar-refractivity contribution in [2.45, 2.75) is 82.4 Å². The average Bonchev–Trinajstić information content (AvgIpc) is 2.72. The maximum absolute atomic E-state index is 5.68. The number of unbranched alkanes of at least 4 members (excludes halogenated alkanes) is 9. The molecule has 0 amide bonds. The van der Waals surface area contributed by atoms with Crippen LogP contribution in [0.5, 0.6) is 0 Å². The third-order valence-electron chi connectivity index (χ3n) is 4.78. The molecule has 2 nitrogen and oxygen atoms in total. The number of rotatable bonds is 12. The first-order valence-electron chi connectivity index (χ1n) is 10.7. The first-order chi connectivity index (χ1) is 13.7. The Hall–Kier alpha value is -1.26. The molecule has 0 atom stereocenters. The Labute approximate surface area is 181 Å². The quantitative estimate of drug-likeness (QED) is 0.142. The molecule has 4 N–H and O–H groups in total. The molecule has 0 unspecified atom stereocenters. The van der Waals surface area contributed by atoms with Crippen LogP contribution in [0.2, 0.25) is 0 Å². The summed E-state index contributed by atoms with van der Waals surface area (Å²) in [6, 6.07) is 15.9. The van der Waals surface area contributed by atoms with Gasteiger partial charge < -0.3 is 11.5 Å². The Morgan fingerprint density at radius 3 is 1.54 bits per heavy atom. The number of thiol groups is 1. The fourth-order valence-electron chi connectivity index (χ4n) is 3.03. The van der Waals surface area contributed by atoms with Crippen molar-refractivity contribution in [1.82, 2.24) is 0 Å². The molecule has 0 heterocycles. The van der Waals surface area contributed by atoms with Crippen LogP contribution in [0.1, 0.15) is 76.7 Å². The molecular formula is C24H38N2S2. The van der Waals surface area contributed by atoms with E-state index in [2.05, 4.69) is 30.7 Å². The van der Waals surface area contributed by atoms with E-state index >= 15 is 0 Å². The molecule has 0 radical (unpaired) electrons. The molecule has 0 aliphatic rings. The minimum atomic E-state index is 0.793. The first-order valence-corrected chi connectivity index (χ1v) is 12.5. The molecule has 0 spiro atoms. The second-order valence-electron chi connectivity index (χ2n) is 7.33. The van der Waals surface area contributed by atoms with Crippen LogP contribution in [0.4, 0.5) is 11.4 Å². The third-order valence-corrected chi connectivity index (χ3v) is 5.90. The van der Waals surface area contributed by atoms with E-state index in [1.54, 1.807) is 0 Å². The van der Waals surface area contributed by atoms with E-state index in [-0.39, 0.29) is 0 Å². The molecule has 4 heteroatoms. The standard InChI is InChI=1S/C18H31N.C6H7NS2/c1-2-3-4-5-6-7-8-9-10-11-12-17-13-15-18(19)16-14-17;7-5-1-3-6(9-8)4-2-5/h13-16H,2-12,19H2,1H3;1-4,8H,7H2. The SMILES string of the molecule is CCCCCCCCCCCCc1ccc(N)cc1.Nc1ccc(SS)cc1. The van der Waals surface area contributed by atoms with Crippen LogP contribution >= 0.6 is 22.5 Å². The largest absolute Gasteiger partial charge is 0.399 e. The zero-order chi connectivity index (χ0) is 20.5. The van der Waals surface area contributed by atoms with Crippen LogP contribution in [-0.2, 0) is 6.42 Å². The van der Waals surface area contributed by atoms with Crippen LogP contribution < -0.4 is 11.5 Å². The Balaban J connectivity index is 0.000000362. The van der Waals surface area contributed by atoms with Gasteiger partial charge in [0.2, 0.25) is 0 Å². The predicted octanol–water partition coefficient (Wildman–Crippen LogP) is 7.94. The molecule has 0 fully saturated rings. The summed E-state index contributed by atoms with van der Waals surface area (Å²) in [6.45, 7) is 2.28. The summed E-state index contributed by atoms with van der Waals surface area (Å²) in [5.41, 5.74) is 14.2.